The fourth-order valence-corrected chi connectivity index (χ4v) is 4.53. The van der Waals surface area contributed by atoms with Gasteiger partial charge in [0.05, 0.1) is 4.90 Å². The van der Waals surface area contributed by atoms with Crippen LogP contribution in [-0.4, -0.2) is 23.0 Å². The third kappa shape index (κ3) is 2.35. The van der Waals surface area contributed by atoms with Gasteiger partial charge in [-0.1, -0.05) is 29.9 Å². The maximum atomic E-state index is 12.9. The summed E-state index contributed by atoms with van der Waals surface area (Å²) in [6, 6.07) is 7.93. The largest absolute Gasteiger partial charge is 0.281 e. The number of aryl methyl sites for hydroxylation is 2. The van der Waals surface area contributed by atoms with Crippen molar-refractivity contribution in [2.45, 2.75) is 23.6 Å². The quantitative estimate of drug-likeness (QED) is 0.716. The number of hydrogen-bond donors (Lipinski definition) is 1. The molecule has 2 aromatic heterocycles. The predicted molar refractivity (Wildman–Crippen MR) is 86.8 cm³/mol. The number of nitrogens with zero attached hydrogens (tertiary/aromatic N) is 2. The molecule has 0 bridgehead atoms. The maximum absolute atomic E-state index is 12.9. The highest BCUT2D eigenvalue weighted by Crippen LogP contribution is 2.27. The van der Waals surface area contributed by atoms with Crippen LogP contribution in [0.25, 0.3) is 5.65 Å². The van der Waals surface area contributed by atoms with Gasteiger partial charge in [0.25, 0.3) is 0 Å². The summed E-state index contributed by atoms with van der Waals surface area (Å²) in [7, 11) is -3.81. The van der Waals surface area contributed by atoms with E-state index in [1.165, 1.54) is 12.1 Å². The van der Waals surface area contributed by atoms with Gasteiger partial charge < -0.3 is 0 Å². The Morgan fingerprint density at radius 1 is 1.27 bits per heavy atom. The molecule has 5 nitrogen and oxygen atoms in total. The molecule has 22 heavy (non-hydrogen) atoms. The van der Waals surface area contributed by atoms with E-state index in [1.54, 1.807) is 23.6 Å². The molecule has 114 valence electrons. The lowest BCUT2D eigenvalue weighted by Gasteiger charge is -2.05. The number of aromatic amines is 1. The minimum Gasteiger partial charge on any atom is -0.281 e. The van der Waals surface area contributed by atoms with Crippen molar-refractivity contribution in [2.75, 3.05) is 0 Å². The van der Waals surface area contributed by atoms with Gasteiger partial charge in [-0.25, -0.2) is 17.9 Å². The summed E-state index contributed by atoms with van der Waals surface area (Å²) in [4.78, 5) is 4.41. The molecule has 8 heteroatoms. The SMILES string of the molecule is Cc1cc(C)n2[nH]c(=S)c(S(=O)(=O)c3cccc(Cl)c3)c2n1. The lowest BCUT2D eigenvalue weighted by molar-refractivity contribution is 0.596. The highest BCUT2D eigenvalue weighted by atomic mass is 35.5. The molecule has 0 saturated carbocycles. The Morgan fingerprint density at radius 2 is 2.00 bits per heavy atom. The van der Waals surface area contributed by atoms with Gasteiger partial charge in [-0.05, 0) is 38.1 Å². The molecule has 0 atom stereocenters. The topological polar surface area (TPSA) is 67.2 Å². The Bertz CT molecular complexity index is 1050. The lowest BCUT2D eigenvalue weighted by atomic mass is 10.3. The minimum absolute atomic E-state index is 0.00318. The zero-order valence-corrected chi connectivity index (χ0v) is 14.2. The highest BCUT2D eigenvalue weighted by Gasteiger charge is 2.26. The Balaban J connectivity index is 2.39. The summed E-state index contributed by atoms with van der Waals surface area (Å²) in [5, 5.41) is 3.22. The first kappa shape index (κ1) is 15.2. The fraction of sp³-hybridized carbons (Fsp3) is 0.143. The monoisotopic (exact) mass is 353 g/mol. The first-order valence-corrected chi connectivity index (χ1v) is 8.67. The van der Waals surface area contributed by atoms with E-state index in [4.69, 9.17) is 23.8 Å². The second-order valence-electron chi connectivity index (χ2n) is 4.93. The van der Waals surface area contributed by atoms with Crippen LogP contribution in [0.5, 0.6) is 0 Å². The van der Waals surface area contributed by atoms with E-state index in [9.17, 15) is 8.42 Å². The summed E-state index contributed by atoms with van der Waals surface area (Å²) in [6.45, 7) is 3.65. The maximum Gasteiger partial charge on any atom is 0.213 e. The van der Waals surface area contributed by atoms with Crippen molar-refractivity contribution in [2.24, 2.45) is 0 Å². The molecular formula is C14H12ClN3O2S2. The van der Waals surface area contributed by atoms with Crippen molar-refractivity contribution in [3.8, 4) is 0 Å². The van der Waals surface area contributed by atoms with Crippen LogP contribution in [0.4, 0.5) is 0 Å². The van der Waals surface area contributed by atoms with Gasteiger partial charge in [-0.3, -0.25) is 5.10 Å². The van der Waals surface area contributed by atoms with Crippen LogP contribution in [0.2, 0.25) is 5.02 Å². The van der Waals surface area contributed by atoms with E-state index in [1.807, 2.05) is 13.0 Å². The first-order valence-electron chi connectivity index (χ1n) is 6.40. The number of H-pyrrole nitrogens is 1. The van der Waals surface area contributed by atoms with E-state index < -0.39 is 9.84 Å². The summed E-state index contributed by atoms with van der Waals surface area (Å²) < 4.78 is 27.5. The number of aromatic nitrogens is 3. The molecule has 0 aliphatic carbocycles. The predicted octanol–water partition coefficient (Wildman–Crippen LogP) is 3.49. The van der Waals surface area contributed by atoms with Crippen LogP contribution in [0, 0.1) is 18.5 Å². The third-order valence-electron chi connectivity index (χ3n) is 3.26. The second-order valence-corrected chi connectivity index (χ2v) is 7.66. The zero-order valence-electron chi connectivity index (χ0n) is 11.8. The Kier molecular flexibility index (Phi) is 3.58. The molecule has 0 radical (unpaired) electrons. The number of halogens is 1. The van der Waals surface area contributed by atoms with Gasteiger partial charge >= 0.3 is 0 Å². The minimum atomic E-state index is -3.81. The molecular weight excluding hydrogens is 342 g/mol. The number of hydrogen-bond acceptors (Lipinski definition) is 4. The van der Waals surface area contributed by atoms with Crippen LogP contribution in [-0.2, 0) is 9.84 Å². The van der Waals surface area contributed by atoms with Crippen molar-refractivity contribution in [3.63, 3.8) is 0 Å². The molecule has 0 aliphatic rings. The van der Waals surface area contributed by atoms with Gasteiger partial charge in [-0.15, -0.1) is 0 Å². The Hall–Kier alpha value is -1.70. The fourth-order valence-electron chi connectivity index (χ4n) is 2.32. The molecule has 0 amide bonds. The number of rotatable bonds is 2. The highest BCUT2D eigenvalue weighted by molar-refractivity contribution is 7.92. The molecule has 1 aromatic carbocycles. The number of benzene rings is 1. The average molecular weight is 354 g/mol. The molecule has 0 fully saturated rings. The molecule has 0 spiro atoms. The van der Waals surface area contributed by atoms with Crippen molar-refractivity contribution in [1.29, 1.82) is 0 Å². The Labute approximate surface area is 137 Å². The molecule has 3 rings (SSSR count). The van der Waals surface area contributed by atoms with Gasteiger partial charge in [0, 0.05) is 16.4 Å². The molecule has 3 aromatic rings. The van der Waals surface area contributed by atoms with Crippen LogP contribution < -0.4 is 0 Å². The molecule has 0 saturated heterocycles. The normalized spacial score (nSPS) is 12.0. The van der Waals surface area contributed by atoms with E-state index in [2.05, 4.69) is 10.1 Å². The van der Waals surface area contributed by atoms with Crippen molar-refractivity contribution >= 4 is 39.3 Å². The van der Waals surface area contributed by atoms with E-state index >= 15 is 0 Å². The summed E-state index contributed by atoms with van der Waals surface area (Å²) in [6.07, 6.45) is 0. The molecule has 1 N–H and O–H groups in total. The van der Waals surface area contributed by atoms with Crippen LogP contribution in [0.15, 0.2) is 40.1 Å². The van der Waals surface area contributed by atoms with Crippen LogP contribution in [0.1, 0.15) is 11.4 Å². The Morgan fingerprint density at radius 3 is 2.68 bits per heavy atom. The number of nitrogens with one attached hydrogen (secondary N) is 1. The van der Waals surface area contributed by atoms with Crippen molar-refractivity contribution < 1.29 is 8.42 Å². The summed E-state index contributed by atoms with van der Waals surface area (Å²) >= 11 is 11.1. The standard InChI is InChI=1S/C14H12ClN3O2S2/c1-8-6-9(2)18-13(16-8)12(14(21)17-18)22(19,20)11-5-3-4-10(15)7-11/h3-7H,1-2H3,(H,17,21). The number of fused-ring (bicyclic) bond motifs is 1. The van der Waals surface area contributed by atoms with Gasteiger partial charge in [-0.2, -0.15) is 0 Å². The van der Waals surface area contributed by atoms with Gasteiger partial charge in [0.15, 0.2) is 10.5 Å². The lowest BCUT2D eigenvalue weighted by Crippen LogP contribution is -2.04. The second kappa shape index (κ2) is 5.19. The van der Waals surface area contributed by atoms with E-state index in [0.717, 1.165) is 5.69 Å². The smallest absolute Gasteiger partial charge is 0.213 e. The van der Waals surface area contributed by atoms with Gasteiger partial charge in [0.2, 0.25) is 9.84 Å². The van der Waals surface area contributed by atoms with Gasteiger partial charge in [0.1, 0.15) is 4.64 Å². The summed E-state index contributed by atoms with van der Waals surface area (Å²) in [5.41, 5.74) is 1.83. The zero-order chi connectivity index (χ0) is 16.1. The first-order chi connectivity index (χ1) is 10.3. The van der Waals surface area contributed by atoms with Crippen molar-refractivity contribution in [1.82, 2.24) is 14.6 Å². The molecule has 0 aliphatic heterocycles. The third-order valence-corrected chi connectivity index (χ3v) is 5.72. The average Bonchev–Trinajstić information content (AvgIpc) is 2.76. The molecule has 0 unspecified atom stereocenters. The van der Waals surface area contributed by atoms with Crippen LogP contribution >= 0.6 is 23.8 Å². The summed E-state index contributed by atoms with van der Waals surface area (Å²) in [5.74, 6) is 0. The number of sulfone groups is 1. The van der Waals surface area contributed by atoms with E-state index in [-0.39, 0.29) is 14.4 Å². The van der Waals surface area contributed by atoms with E-state index in [0.29, 0.717) is 16.4 Å². The molecule has 2 heterocycles. The van der Waals surface area contributed by atoms with Crippen LogP contribution in [0.3, 0.4) is 0 Å². The van der Waals surface area contributed by atoms with Crippen molar-refractivity contribution in [3.05, 3.63) is 51.4 Å².